The van der Waals surface area contributed by atoms with Gasteiger partial charge in [0.2, 0.25) is 0 Å². The highest BCUT2D eigenvalue weighted by atomic mass is 127. The maximum atomic E-state index is 14.0. The number of hydrogen-bond acceptors (Lipinski definition) is 1. The lowest BCUT2D eigenvalue weighted by atomic mass is 9.93. The third kappa shape index (κ3) is 4.61. The van der Waals surface area contributed by atoms with E-state index in [9.17, 15) is 13.2 Å². The highest BCUT2D eigenvalue weighted by Gasteiger charge is 2.35. The molecule has 3 aromatic rings. The first-order chi connectivity index (χ1) is 13.1. The van der Waals surface area contributed by atoms with Crippen LogP contribution in [-0.2, 0) is 6.18 Å². The molecule has 0 aliphatic heterocycles. The number of aryl methyl sites for hydroxylation is 1. The van der Waals surface area contributed by atoms with Gasteiger partial charge in [0.05, 0.1) is 12.7 Å². The zero-order valence-electron chi connectivity index (χ0n) is 14.8. The van der Waals surface area contributed by atoms with Crippen molar-refractivity contribution in [3.63, 3.8) is 0 Å². The first-order valence-electron chi connectivity index (χ1n) is 8.13. The van der Waals surface area contributed by atoms with Crippen molar-refractivity contribution in [2.45, 2.75) is 13.1 Å². The van der Waals surface area contributed by atoms with Gasteiger partial charge < -0.3 is 4.74 Å². The second kappa shape index (κ2) is 8.66. The number of methoxy groups -OCH3 is 1. The Bertz CT molecular complexity index is 1050. The number of rotatable bonds is 3. The van der Waals surface area contributed by atoms with Crippen LogP contribution < -0.4 is 4.74 Å². The molecule has 0 spiro atoms. The van der Waals surface area contributed by atoms with Crippen molar-refractivity contribution in [1.29, 1.82) is 0 Å². The molecular weight excluding hydrogens is 706 g/mol. The van der Waals surface area contributed by atoms with Crippen molar-refractivity contribution in [1.82, 2.24) is 0 Å². The Morgan fingerprint density at radius 3 is 2.07 bits per heavy atom. The highest BCUT2D eigenvalue weighted by Crippen LogP contribution is 2.44. The summed E-state index contributed by atoms with van der Waals surface area (Å²) in [6.45, 7) is 1.93. The minimum Gasteiger partial charge on any atom is -0.496 e. The predicted octanol–water partition coefficient (Wildman–Crippen LogP) is 8.17. The van der Waals surface area contributed by atoms with E-state index in [1.165, 1.54) is 13.2 Å². The highest BCUT2D eigenvalue weighted by molar-refractivity contribution is 14.1. The van der Waals surface area contributed by atoms with Gasteiger partial charge in [-0.1, -0.05) is 17.7 Å². The zero-order valence-corrected chi connectivity index (χ0v) is 21.3. The van der Waals surface area contributed by atoms with Crippen LogP contribution in [0.1, 0.15) is 11.1 Å². The standard InChI is InChI=1S/C21H14F3I3O/c1-11-3-5-18(26)14(7-11)15-9-17(21(22,23)24)13(10-19(15)27)16-8-12(25)4-6-20(16)28-2/h3-10H,1-2H3. The molecule has 0 aliphatic carbocycles. The molecule has 3 aromatic carbocycles. The summed E-state index contributed by atoms with van der Waals surface area (Å²) in [6.07, 6.45) is -4.49. The van der Waals surface area contributed by atoms with Gasteiger partial charge in [-0.3, -0.25) is 0 Å². The second-order valence-corrected chi connectivity index (χ2v) is 9.77. The molecule has 0 fully saturated rings. The molecule has 0 N–H and O–H groups in total. The van der Waals surface area contributed by atoms with E-state index < -0.39 is 11.7 Å². The Labute approximate surface area is 202 Å². The van der Waals surface area contributed by atoms with E-state index in [-0.39, 0.29) is 5.56 Å². The van der Waals surface area contributed by atoms with Crippen molar-refractivity contribution >= 4 is 67.8 Å². The Kier molecular flexibility index (Phi) is 6.85. The number of alkyl halides is 3. The van der Waals surface area contributed by atoms with Crippen molar-refractivity contribution < 1.29 is 17.9 Å². The molecule has 0 saturated carbocycles. The molecule has 0 saturated heterocycles. The van der Waals surface area contributed by atoms with Crippen LogP contribution in [0.25, 0.3) is 22.3 Å². The average molecular weight is 720 g/mol. The quantitative estimate of drug-likeness (QED) is 0.249. The van der Waals surface area contributed by atoms with Crippen LogP contribution in [0.2, 0.25) is 0 Å². The molecule has 146 valence electrons. The molecule has 0 bridgehead atoms. The first-order valence-corrected chi connectivity index (χ1v) is 11.4. The lowest BCUT2D eigenvalue weighted by Crippen LogP contribution is -2.09. The average Bonchev–Trinajstić information content (AvgIpc) is 2.62. The third-order valence-corrected chi connectivity index (χ3v) is 6.78. The molecule has 0 amide bonds. The van der Waals surface area contributed by atoms with Crippen LogP contribution in [0.3, 0.4) is 0 Å². The summed E-state index contributed by atoms with van der Waals surface area (Å²) in [5.41, 5.74) is 2.28. The molecule has 0 unspecified atom stereocenters. The Balaban J connectivity index is 2.34. The SMILES string of the molecule is COc1ccc(I)cc1-c1cc(I)c(-c2cc(C)ccc2I)cc1C(F)(F)F. The molecule has 0 atom stereocenters. The summed E-state index contributed by atoms with van der Waals surface area (Å²) in [6, 6.07) is 13.9. The van der Waals surface area contributed by atoms with E-state index >= 15 is 0 Å². The molecule has 1 nitrogen and oxygen atoms in total. The smallest absolute Gasteiger partial charge is 0.417 e. The van der Waals surface area contributed by atoms with Gasteiger partial charge in [0.1, 0.15) is 5.75 Å². The topological polar surface area (TPSA) is 9.23 Å². The van der Waals surface area contributed by atoms with Crippen molar-refractivity contribution in [2.24, 2.45) is 0 Å². The van der Waals surface area contributed by atoms with Crippen molar-refractivity contribution in [2.75, 3.05) is 7.11 Å². The second-order valence-electron chi connectivity index (χ2n) is 6.20. The Hall–Kier alpha value is -0.560. The Morgan fingerprint density at radius 1 is 0.750 bits per heavy atom. The molecular formula is C21H14F3I3O. The molecule has 0 heterocycles. The van der Waals surface area contributed by atoms with Crippen LogP contribution in [0.4, 0.5) is 13.2 Å². The summed E-state index contributed by atoms with van der Waals surface area (Å²) < 4.78 is 49.9. The number of benzene rings is 3. The molecule has 3 rings (SSSR count). The van der Waals surface area contributed by atoms with Crippen LogP contribution in [0.15, 0.2) is 48.5 Å². The summed E-state index contributed by atoms with van der Waals surface area (Å²) >= 11 is 6.36. The third-order valence-electron chi connectivity index (χ3n) is 4.28. The van der Waals surface area contributed by atoms with E-state index in [0.29, 0.717) is 16.9 Å². The maximum absolute atomic E-state index is 14.0. The summed E-state index contributed by atoms with van der Waals surface area (Å²) in [5, 5.41) is 0. The first kappa shape index (κ1) is 22.1. The van der Waals surface area contributed by atoms with Crippen LogP contribution in [0.5, 0.6) is 5.75 Å². The largest absolute Gasteiger partial charge is 0.496 e. The summed E-state index contributed by atoms with van der Waals surface area (Å²) in [5.74, 6) is 0.416. The minimum atomic E-state index is -4.49. The zero-order chi connectivity index (χ0) is 20.6. The lowest BCUT2D eigenvalue weighted by molar-refractivity contribution is -0.137. The van der Waals surface area contributed by atoms with Gasteiger partial charge in [0.15, 0.2) is 0 Å². The number of hydrogen-bond donors (Lipinski definition) is 0. The maximum Gasteiger partial charge on any atom is 0.417 e. The summed E-state index contributed by atoms with van der Waals surface area (Å²) in [4.78, 5) is 0. The van der Waals surface area contributed by atoms with Gasteiger partial charge >= 0.3 is 6.18 Å². The van der Waals surface area contributed by atoms with E-state index in [0.717, 1.165) is 21.8 Å². The van der Waals surface area contributed by atoms with Gasteiger partial charge in [0, 0.05) is 16.3 Å². The van der Waals surface area contributed by atoms with Crippen molar-refractivity contribution in [3.05, 3.63) is 70.4 Å². The predicted molar refractivity (Wildman–Crippen MR) is 132 cm³/mol. The van der Waals surface area contributed by atoms with Crippen LogP contribution in [0, 0.1) is 17.6 Å². The van der Waals surface area contributed by atoms with Crippen molar-refractivity contribution in [3.8, 4) is 28.0 Å². The van der Waals surface area contributed by atoms with Crippen LogP contribution in [-0.4, -0.2) is 7.11 Å². The van der Waals surface area contributed by atoms with Gasteiger partial charge in [-0.25, -0.2) is 0 Å². The van der Waals surface area contributed by atoms with E-state index in [4.69, 9.17) is 4.74 Å². The van der Waals surface area contributed by atoms with E-state index in [1.54, 1.807) is 18.2 Å². The van der Waals surface area contributed by atoms with E-state index in [1.807, 2.05) is 31.2 Å². The normalized spacial score (nSPS) is 11.6. The van der Waals surface area contributed by atoms with Gasteiger partial charge in [-0.2, -0.15) is 13.2 Å². The fraction of sp³-hybridized carbons (Fsp3) is 0.143. The number of ether oxygens (including phenoxy) is 1. The van der Waals surface area contributed by atoms with Gasteiger partial charge in [-0.15, -0.1) is 0 Å². The molecule has 7 heteroatoms. The van der Waals surface area contributed by atoms with Crippen LogP contribution >= 0.6 is 67.8 Å². The minimum absolute atomic E-state index is 0.124. The molecule has 28 heavy (non-hydrogen) atoms. The van der Waals surface area contributed by atoms with Gasteiger partial charge in [0.25, 0.3) is 0 Å². The Morgan fingerprint density at radius 2 is 1.43 bits per heavy atom. The molecule has 0 aromatic heterocycles. The van der Waals surface area contributed by atoms with E-state index in [2.05, 4.69) is 67.8 Å². The monoisotopic (exact) mass is 720 g/mol. The summed E-state index contributed by atoms with van der Waals surface area (Å²) in [7, 11) is 1.47. The molecule has 0 radical (unpaired) electrons. The fourth-order valence-electron chi connectivity index (χ4n) is 2.97. The lowest BCUT2D eigenvalue weighted by Gasteiger charge is -2.19. The number of halogens is 6. The van der Waals surface area contributed by atoms with Gasteiger partial charge in [-0.05, 0) is 128 Å². The molecule has 0 aliphatic rings. The fourth-order valence-corrected chi connectivity index (χ4v) is 4.85.